The summed E-state index contributed by atoms with van der Waals surface area (Å²) in [6.45, 7) is 5.47. The molecule has 27 heavy (non-hydrogen) atoms. The molecule has 8 nitrogen and oxygen atoms in total. The second kappa shape index (κ2) is 8.11. The van der Waals surface area contributed by atoms with E-state index >= 15 is 0 Å². The molecule has 0 aromatic carbocycles. The molecule has 1 aliphatic rings. The van der Waals surface area contributed by atoms with Crippen LogP contribution in [0.5, 0.6) is 0 Å². The Kier molecular flexibility index (Phi) is 5.63. The Morgan fingerprint density at radius 1 is 1.04 bits per heavy atom. The van der Waals surface area contributed by atoms with Gasteiger partial charge in [-0.3, -0.25) is 14.4 Å². The van der Waals surface area contributed by atoms with Crippen LogP contribution < -0.4 is 5.32 Å². The van der Waals surface area contributed by atoms with Crippen LogP contribution in [0, 0.1) is 5.92 Å². The van der Waals surface area contributed by atoms with Gasteiger partial charge in [0.25, 0.3) is 11.8 Å². The van der Waals surface area contributed by atoms with Gasteiger partial charge in [0.2, 0.25) is 5.91 Å². The Morgan fingerprint density at radius 3 is 2.30 bits per heavy atom. The number of carbonyl (C=O) groups excluding carboxylic acids is 3. The third kappa shape index (κ3) is 4.21. The number of piperazine rings is 1. The van der Waals surface area contributed by atoms with Crippen molar-refractivity contribution in [2.45, 2.75) is 19.9 Å². The molecule has 3 heterocycles. The molecule has 1 fully saturated rings. The molecule has 0 spiro atoms. The van der Waals surface area contributed by atoms with Crippen LogP contribution >= 0.6 is 0 Å². The van der Waals surface area contributed by atoms with E-state index in [2.05, 4.69) is 5.32 Å². The van der Waals surface area contributed by atoms with E-state index in [1.807, 2.05) is 13.8 Å². The molecule has 2 aromatic heterocycles. The first-order valence-electron chi connectivity index (χ1n) is 8.92. The molecule has 3 amide bonds. The zero-order valence-corrected chi connectivity index (χ0v) is 15.4. The molecular formula is C19H23N3O5. The topological polar surface area (TPSA) is 96.0 Å². The van der Waals surface area contributed by atoms with E-state index in [9.17, 15) is 14.4 Å². The van der Waals surface area contributed by atoms with Gasteiger partial charge in [-0.1, -0.05) is 13.8 Å². The summed E-state index contributed by atoms with van der Waals surface area (Å²) in [4.78, 5) is 40.9. The van der Waals surface area contributed by atoms with Crippen LogP contribution in [0.2, 0.25) is 0 Å². The molecule has 0 radical (unpaired) electrons. The number of carbonyl (C=O) groups is 3. The summed E-state index contributed by atoms with van der Waals surface area (Å²) in [6.07, 6.45) is 4.29. The molecule has 1 atom stereocenters. The van der Waals surface area contributed by atoms with Gasteiger partial charge in [0.05, 0.1) is 18.1 Å². The fraction of sp³-hybridized carbons (Fsp3) is 0.421. The molecule has 2 aromatic rings. The number of hydrogen-bond donors (Lipinski definition) is 1. The summed E-state index contributed by atoms with van der Waals surface area (Å²) in [7, 11) is 0. The van der Waals surface area contributed by atoms with Crippen LogP contribution in [-0.2, 0) is 4.79 Å². The minimum Gasteiger partial charge on any atom is -0.472 e. The largest absolute Gasteiger partial charge is 0.472 e. The highest BCUT2D eigenvalue weighted by Crippen LogP contribution is 2.13. The lowest BCUT2D eigenvalue weighted by atomic mass is 10.0. The average molecular weight is 373 g/mol. The zero-order chi connectivity index (χ0) is 19.4. The molecule has 1 unspecified atom stereocenters. The van der Waals surface area contributed by atoms with E-state index in [0.717, 1.165) is 0 Å². The van der Waals surface area contributed by atoms with Crippen LogP contribution in [-0.4, -0.2) is 59.7 Å². The second-order valence-corrected chi connectivity index (χ2v) is 6.80. The Hall–Kier alpha value is -3.03. The minimum absolute atomic E-state index is 0.0815. The molecule has 0 bridgehead atoms. The molecule has 8 heteroatoms. The lowest BCUT2D eigenvalue weighted by molar-refractivity contribution is -0.135. The maximum atomic E-state index is 12.9. The van der Waals surface area contributed by atoms with Gasteiger partial charge in [0, 0.05) is 26.2 Å². The van der Waals surface area contributed by atoms with Crippen LogP contribution in [0.4, 0.5) is 0 Å². The quantitative estimate of drug-likeness (QED) is 0.859. The summed E-state index contributed by atoms with van der Waals surface area (Å²) in [5.41, 5.74) is 0.501. The third-order valence-corrected chi connectivity index (χ3v) is 4.61. The van der Waals surface area contributed by atoms with Crippen molar-refractivity contribution >= 4 is 17.7 Å². The molecule has 0 saturated carbocycles. The van der Waals surface area contributed by atoms with Crippen molar-refractivity contribution in [2.24, 2.45) is 5.92 Å². The van der Waals surface area contributed by atoms with Gasteiger partial charge in [0.1, 0.15) is 12.3 Å². The van der Waals surface area contributed by atoms with Crippen molar-refractivity contribution in [3.8, 4) is 0 Å². The number of rotatable bonds is 5. The van der Waals surface area contributed by atoms with E-state index in [0.29, 0.717) is 31.7 Å². The molecule has 1 saturated heterocycles. The van der Waals surface area contributed by atoms with E-state index in [-0.39, 0.29) is 23.5 Å². The van der Waals surface area contributed by atoms with Crippen molar-refractivity contribution in [2.75, 3.05) is 26.2 Å². The summed E-state index contributed by atoms with van der Waals surface area (Å²) in [5.74, 6) is -0.588. The lowest BCUT2D eigenvalue weighted by Gasteiger charge is -2.37. The average Bonchev–Trinajstić information content (AvgIpc) is 3.38. The van der Waals surface area contributed by atoms with Crippen LogP contribution in [0.1, 0.15) is 34.8 Å². The highest BCUT2D eigenvalue weighted by molar-refractivity contribution is 5.96. The zero-order valence-electron chi connectivity index (χ0n) is 15.4. The van der Waals surface area contributed by atoms with Gasteiger partial charge in [-0.05, 0) is 24.1 Å². The Labute approximate surface area is 157 Å². The predicted octanol–water partition coefficient (Wildman–Crippen LogP) is 1.61. The molecule has 144 valence electrons. The number of furan rings is 2. The number of nitrogens with zero attached hydrogens (tertiary/aromatic N) is 2. The highest BCUT2D eigenvalue weighted by Gasteiger charge is 2.32. The van der Waals surface area contributed by atoms with Crippen molar-refractivity contribution in [3.63, 3.8) is 0 Å². The Balaban J connectivity index is 1.59. The van der Waals surface area contributed by atoms with E-state index in [1.54, 1.807) is 28.0 Å². The van der Waals surface area contributed by atoms with Gasteiger partial charge in [0.15, 0.2) is 5.76 Å². The lowest BCUT2D eigenvalue weighted by Crippen LogP contribution is -2.57. The number of amides is 3. The van der Waals surface area contributed by atoms with Gasteiger partial charge in [-0.25, -0.2) is 0 Å². The maximum absolute atomic E-state index is 12.9. The fourth-order valence-corrected chi connectivity index (χ4v) is 3.03. The normalized spacial score (nSPS) is 15.7. The summed E-state index contributed by atoms with van der Waals surface area (Å²) >= 11 is 0. The molecule has 1 N–H and O–H groups in total. The highest BCUT2D eigenvalue weighted by atomic mass is 16.3. The first-order valence-corrected chi connectivity index (χ1v) is 8.92. The molecule has 1 aliphatic heterocycles. The first kappa shape index (κ1) is 18.8. The standard InChI is InChI=1S/C19H23N3O5/c1-13(2)16(20-17(23)15-4-3-10-27-15)19(25)22-8-6-21(7-9-22)18(24)14-5-11-26-12-14/h3-5,10-13,16H,6-9H2,1-2H3,(H,20,23). The van der Waals surface area contributed by atoms with Crippen molar-refractivity contribution in [1.29, 1.82) is 0 Å². The van der Waals surface area contributed by atoms with Gasteiger partial charge in [-0.15, -0.1) is 0 Å². The van der Waals surface area contributed by atoms with Gasteiger partial charge >= 0.3 is 0 Å². The van der Waals surface area contributed by atoms with Crippen molar-refractivity contribution in [1.82, 2.24) is 15.1 Å². The SMILES string of the molecule is CC(C)C(NC(=O)c1ccco1)C(=O)N1CCN(C(=O)c2ccoc2)CC1. The van der Waals surface area contributed by atoms with Crippen LogP contribution in [0.3, 0.4) is 0 Å². The summed E-state index contributed by atoms with van der Waals surface area (Å²) < 4.78 is 10.0. The van der Waals surface area contributed by atoms with E-state index in [4.69, 9.17) is 8.83 Å². The van der Waals surface area contributed by atoms with Crippen molar-refractivity contribution in [3.05, 3.63) is 48.3 Å². The smallest absolute Gasteiger partial charge is 0.287 e. The maximum Gasteiger partial charge on any atom is 0.287 e. The van der Waals surface area contributed by atoms with Crippen molar-refractivity contribution < 1.29 is 23.2 Å². The van der Waals surface area contributed by atoms with Crippen LogP contribution in [0.15, 0.2) is 45.8 Å². The predicted molar refractivity (Wildman–Crippen MR) is 96.0 cm³/mol. The van der Waals surface area contributed by atoms with Crippen LogP contribution in [0.25, 0.3) is 0 Å². The van der Waals surface area contributed by atoms with E-state index < -0.39 is 11.9 Å². The molecule has 3 rings (SSSR count). The summed E-state index contributed by atoms with van der Waals surface area (Å²) in [6, 6.07) is 4.15. The van der Waals surface area contributed by atoms with Gasteiger partial charge in [-0.2, -0.15) is 0 Å². The first-order chi connectivity index (χ1) is 13.0. The van der Waals surface area contributed by atoms with E-state index in [1.165, 1.54) is 18.8 Å². The van der Waals surface area contributed by atoms with Gasteiger partial charge < -0.3 is 24.0 Å². The monoisotopic (exact) mass is 373 g/mol. The second-order valence-electron chi connectivity index (χ2n) is 6.80. The molecule has 0 aliphatic carbocycles. The Morgan fingerprint density at radius 2 is 1.74 bits per heavy atom. The number of hydrogen-bond acceptors (Lipinski definition) is 5. The Bertz CT molecular complexity index is 774. The molecular weight excluding hydrogens is 350 g/mol. The minimum atomic E-state index is -0.654. The summed E-state index contributed by atoms with van der Waals surface area (Å²) in [5, 5.41) is 2.76. The third-order valence-electron chi connectivity index (χ3n) is 4.61. The fourth-order valence-electron chi connectivity index (χ4n) is 3.03. The number of nitrogens with one attached hydrogen (secondary N) is 1.